The normalized spacial score (nSPS) is 27.5. The van der Waals surface area contributed by atoms with Crippen LogP contribution in [0.5, 0.6) is 0 Å². The van der Waals surface area contributed by atoms with Crippen LogP contribution in [0.1, 0.15) is 91.9 Å². The Hall–Kier alpha value is -0.0400. The molecule has 0 aliphatic heterocycles. The third-order valence-corrected chi connectivity index (χ3v) is 5.06. The minimum Gasteiger partial charge on any atom is -0.314 e. The predicted octanol–water partition coefficient (Wildman–Crippen LogP) is 5.54. The molecule has 2 atom stereocenters. The van der Waals surface area contributed by atoms with Crippen LogP contribution in [0, 0.1) is 11.3 Å². The van der Waals surface area contributed by atoms with Crippen LogP contribution < -0.4 is 5.32 Å². The molecule has 114 valence electrons. The average molecular weight is 268 g/mol. The van der Waals surface area contributed by atoms with Gasteiger partial charge in [0, 0.05) is 6.04 Å². The zero-order valence-corrected chi connectivity index (χ0v) is 13.9. The highest BCUT2D eigenvalue weighted by Crippen LogP contribution is 2.33. The van der Waals surface area contributed by atoms with Crippen molar-refractivity contribution in [1.29, 1.82) is 0 Å². The summed E-state index contributed by atoms with van der Waals surface area (Å²) in [6.07, 6.45) is 14.2. The lowest BCUT2D eigenvalue weighted by molar-refractivity contribution is 0.257. The van der Waals surface area contributed by atoms with Crippen molar-refractivity contribution in [2.24, 2.45) is 11.3 Å². The summed E-state index contributed by atoms with van der Waals surface area (Å²) in [6, 6.07) is 0.686. The van der Waals surface area contributed by atoms with Gasteiger partial charge < -0.3 is 5.32 Å². The van der Waals surface area contributed by atoms with E-state index in [1.807, 2.05) is 0 Å². The van der Waals surface area contributed by atoms with Gasteiger partial charge in [-0.25, -0.2) is 0 Å². The van der Waals surface area contributed by atoms with E-state index in [9.17, 15) is 0 Å². The van der Waals surface area contributed by atoms with Crippen LogP contribution in [0.15, 0.2) is 0 Å². The molecule has 1 nitrogen and oxygen atoms in total. The lowest BCUT2D eigenvalue weighted by Crippen LogP contribution is -2.31. The van der Waals surface area contributed by atoms with E-state index in [1.165, 1.54) is 70.8 Å². The molecule has 0 amide bonds. The fourth-order valence-electron chi connectivity index (χ4n) is 3.15. The minimum atomic E-state index is 0.568. The van der Waals surface area contributed by atoms with Crippen LogP contribution in [0.2, 0.25) is 0 Å². The summed E-state index contributed by atoms with van der Waals surface area (Å²) in [6.45, 7) is 10.8. The zero-order chi connectivity index (χ0) is 14.1. The molecule has 1 rings (SSSR count). The van der Waals surface area contributed by atoms with Gasteiger partial charge in [0.2, 0.25) is 0 Å². The van der Waals surface area contributed by atoms with Crippen molar-refractivity contribution in [2.75, 3.05) is 6.54 Å². The minimum absolute atomic E-state index is 0.568. The van der Waals surface area contributed by atoms with E-state index in [-0.39, 0.29) is 0 Å². The highest BCUT2D eigenvalue weighted by atomic mass is 14.9. The first-order chi connectivity index (χ1) is 9.03. The topological polar surface area (TPSA) is 12.0 Å². The second kappa shape index (κ2) is 9.00. The lowest BCUT2D eigenvalue weighted by Gasteiger charge is -2.27. The Bertz CT molecular complexity index is 222. The Morgan fingerprint density at radius 2 is 1.68 bits per heavy atom. The van der Waals surface area contributed by atoms with E-state index in [1.54, 1.807) is 0 Å². The molecule has 1 saturated carbocycles. The van der Waals surface area contributed by atoms with Gasteiger partial charge in [0.1, 0.15) is 0 Å². The molecule has 0 heterocycles. The van der Waals surface area contributed by atoms with Crippen molar-refractivity contribution in [1.82, 2.24) is 5.32 Å². The van der Waals surface area contributed by atoms with Gasteiger partial charge in [-0.05, 0) is 56.9 Å². The predicted molar refractivity (Wildman–Crippen MR) is 86.6 cm³/mol. The van der Waals surface area contributed by atoms with Gasteiger partial charge >= 0.3 is 0 Å². The fraction of sp³-hybridized carbons (Fsp3) is 1.00. The smallest absolute Gasteiger partial charge is 0.00362 e. The van der Waals surface area contributed by atoms with Gasteiger partial charge in [-0.15, -0.1) is 0 Å². The maximum atomic E-state index is 3.73. The first kappa shape index (κ1) is 17.0. The van der Waals surface area contributed by atoms with Crippen molar-refractivity contribution in [3.63, 3.8) is 0 Å². The number of hydrogen-bond donors (Lipinski definition) is 1. The largest absolute Gasteiger partial charge is 0.314 e. The fourth-order valence-corrected chi connectivity index (χ4v) is 3.15. The quantitative estimate of drug-likeness (QED) is 0.705. The van der Waals surface area contributed by atoms with Gasteiger partial charge in [0.15, 0.2) is 0 Å². The molecule has 0 aromatic heterocycles. The van der Waals surface area contributed by atoms with E-state index in [2.05, 4.69) is 33.0 Å². The van der Waals surface area contributed by atoms with E-state index in [4.69, 9.17) is 0 Å². The first-order valence-corrected chi connectivity index (χ1v) is 8.77. The molecule has 0 aromatic carbocycles. The first-order valence-electron chi connectivity index (χ1n) is 8.77. The second-order valence-corrected chi connectivity index (χ2v) is 7.59. The van der Waals surface area contributed by atoms with E-state index in [0.29, 0.717) is 11.5 Å². The van der Waals surface area contributed by atoms with Crippen LogP contribution in [0.4, 0.5) is 0 Å². The Kier molecular flexibility index (Phi) is 8.06. The van der Waals surface area contributed by atoms with Crippen molar-refractivity contribution in [3.8, 4) is 0 Å². The summed E-state index contributed by atoms with van der Waals surface area (Å²) in [5.74, 6) is 0.909. The molecule has 2 unspecified atom stereocenters. The number of rotatable bonds is 4. The summed E-state index contributed by atoms with van der Waals surface area (Å²) in [7, 11) is 0. The molecule has 0 spiro atoms. The standard InChI is InChI=1S/C18H37N/c1-5-16(2)19-15-17-11-9-7-6-8-10-13-18(3,4)14-12-17/h16-17,19H,5-15H2,1-4H3. The van der Waals surface area contributed by atoms with Crippen LogP contribution in [-0.2, 0) is 0 Å². The average Bonchev–Trinajstić information content (AvgIpc) is 2.41. The highest BCUT2D eigenvalue weighted by Gasteiger charge is 2.20. The molecular weight excluding hydrogens is 230 g/mol. The molecule has 19 heavy (non-hydrogen) atoms. The summed E-state index contributed by atoms with van der Waals surface area (Å²) in [5.41, 5.74) is 0.568. The monoisotopic (exact) mass is 267 g/mol. The second-order valence-electron chi connectivity index (χ2n) is 7.59. The third kappa shape index (κ3) is 7.97. The van der Waals surface area contributed by atoms with Crippen LogP contribution in [0.25, 0.3) is 0 Å². The van der Waals surface area contributed by atoms with Crippen molar-refractivity contribution in [2.45, 2.75) is 97.9 Å². The molecule has 1 aliphatic carbocycles. The van der Waals surface area contributed by atoms with Gasteiger partial charge in [0.25, 0.3) is 0 Å². The van der Waals surface area contributed by atoms with Gasteiger partial charge in [-0.1, -0.05) is 52.9 Å². The van der Waals surface area contributed by atoms with E-state index >= 15 is 0 Å². The third-order valence-electron chi connectivity index (χ3n) is 5.06. The van der Waals surface area contributed by atoms with Crippen molar-refractivity contribution >= 4 is 0 Å². The van der Waals surface area contributed by atoms with E-state index < -0.39 is 0 Å². The Labute approximate surface area is 121 Å². The Morgan fingerprint density at radius 1 is 1.00 bits per heavy atom. The summed E-state index contributed by atoms with van der Waals surface area (Å²) >= 11 is 0. The molecule has 0 saturated heterocycles. The van der Waals surface area contributed by atoms with Crippen LogP contribution >= 0.6 is 0 Å². The highest BCUT2D eigenvalue weighted by molar-refractivity contribution is 4.74. The van der Waals surface area contributed by atoms with Crippen molar-refractivity contribution in [3.05, 3.63) is 0 Å². The van der Waals surface area contributed by atoms with Gasteiger partial charge in [0.05, 0.1) is 0 Å². The molecule has 1 fully saturated rings. The van der Waals surface area contributed by atoms with Crippen molar-refractivity contribution < 1.29 is 0 Å². The molecule has 0 bridgehead atoms. The molecule has 0 aromatic rings. The molecule has 1 heteroatoms. The maximum Gasteiger partial charge on any atom is 0.00362 e. The number of nitrogens with one attached hydrogen (secondary N) is 1. The Morgan fingerprint density at radius 3 is 2.42 bits per heavy atom. The molecule has 0 radical (unpaired) electrons. The molecule has 1 aliphatic rings. The summed E-state index contributed by atoms with van der Waals surface area (Å²) < 4.78 is 0. The van der Waals surface area contributed by atoms with Gasteiger partial charge in [-0.2, -0.15) is 0 Å². The number of hydrogen-bond acceptors (Lipinski definition) is 1. The molecular formula is C18H37N. The Balaban J connectivity index is 2.42. The SMILES string of the molecule is CCC(C)NCC1CCCCCCCC(C)(C)CC1. The lowest BCUT2D eigenvalue weighted by atomic mass is 9.80. The summed E-state index contributed by atoms with van der Waals surface area (Å²) in [4.78, 5) is 0. The molecule has 1 N–H and O–H groups in total. The summed E-state index contributed by atoms with van der Waals surface area (Å²) in [5, 5.41) is 3.73. The van der Waals surface area contributed by atoms with Crippen LogP contribution in [-0.4, -0.2) is 12.6 Å². The van der Waals surface area contributed by atoms with Crippen LogP contribution in [0.3, 0.4) is 0 Å². The van der Waals surface area contributed by atoms with Gasteiger partial charge in [-0.3, -0.25) is 0 Å². The zero-order valence-electron chi connectivity index (χ0n) is 13.9. The van der Waals surface area contributed by atoms with E-state index in [0.717, 1.165) is 5.92 Å². The maximum absolute atomic E-state index is 3.73.